The molecule has 3 aromatic rings. The Hall–Kier alpha value is -3.34. The van der Waals surface area contributed by atoms with Crippen LogP contribution in [0.25, 0.3) is 10.8 Å². The highest BCUT2D eigenvalue weighted by atomic mass is 16.5. The molecule has 0 unspecified atom stereocenters. The summed E-state index contributed by atoms with van der Waals surface area (Å²) < 4.78 is 5.44. The molecule has 166 valence electrons. The molecule has 1 N–H and O–H groups in total. The zero-order valence-electron chi connectivity index (χ0n) is 18.5. The lowest BCUT2D eigenvalue weighted by Gasteiger charge is -2.32. The van der Waals surface area contributed by atoms with E-state index in [0.717, 1.165) is 25.0 Å². The van der Waals surface area contributed by atoms with Crippen molar-refractivity contribution in [2.75, 3.05) is 19.7 Å². The van der Waals surface area contributed by atoms with Gasteiger partial charge in [-0.05, 0) is 66.8 Å². The normalized spacial score (nSPS) is 14.3. The van der Waals surface area contributed by atoms with Crippen molar-refractivity contribution >= 4 is 22.6 Å². The van der Waals surface area contributed by atoms with Crippen LogP contribution in [0.5, 0.6) is 5.75 Å². The molecule has 5 nitrogen and oxygen atoms in total. The van der Waals surface area contributed by atoms with Crippen LogP contribution in [0.1, 0.15) is 42.1 Å². The number of likely N-dealkylation sites (tertiary alicyclic amines) is 1. The van der Waals surface area contributed by atoms with Crippen molar-refractivity contribution in [3.63, 3.8) is 0 Å². The van der Waals surface area contributed by atoms with Crippen LogP contribution in [0.15, 0.2) is 66.7 Å². The summed E-state index contributed by atoms with van der Waals surface area (Å²) in [6, 6.07) is 22.1. The van der Waals surface area contributed by atoms with E-state index in [4.69, 9.17) is 4.74 Å². The standard InChI is InChI=1S/C27H30N2O3/c1-2-32-25-12-10-22(11-13-25)27(31)29-17-15-24(16-18-29)28-26(30)14-8-20-7-9-21-5-3-4-6-23(21)19-20/h3-7,9-13,19,24H,2,8,14-18H2,1H3,(H,28,30). The maximum atomic E-state index is 12.7. The number of aryl methyl sites for hydroxylation is 1. The molecule has 0 bridgehead atoms. The molecule has 2 amide bonds. The van der Waals surface area contributed by atoms with Gasteiger partial charge >= 0.3 is 0 Å². The number of piperidine rings is 1. The van der Waals surface area contributed by atoms with Crippen molar-refractivity contribution in [2.24, 2.45) is 0 Å². The highest BCUT2D eigenvalue weighted by Crippen LogP contribution is 2.19. The van der Waals surface area contributed by atoms with E-state index in [2.05, 4.69) is 35.6 Å². The minimum atomic E-state index is 0.0362. The van der Waals surface area contributed by atoms with Crippen LogP contribution in [0.4, 0.5) is 0 Å². The summed E-state index contributed by atoms with van der Waals surface area (Å²) in [5.41, 5.74) is 1.85. The fraction of sp³-hybridized carbons (Fsp3) is 0.333. The monoisotopic (exact) mass is 430 g/mol. The van der Waals surface area contributed by atoms with E-state index in [1.54, 1.807) is 0 Å². The number of ether oxygens (including phenoxy) is 1. The molecule has 1 fully saturated rings. The van der Waals surface area contributed by atoms with Gasteiger partial charge in [-0.15, -0.1) is 0 Å². The number of carbonyl (C=O) groups is 2. The highest BCUT2D eigenvalue weighted by Gasteiger charge is 2.24. The summed E-state index contributed by atoms with van der Waals surface area (Å²) in [4.78, 5) is 27.1. The smallest absolute Gasteiger partial charge is 0.253 e. The first-order chi connectivity index (χ1) is 15.6. The van der Waals surface area contributed by atoms with Gasteiger partial charge in [-0.1, -0.05) is 42.5 Å². The van der Waals surface area contributed by atoms with E-state index >= 15 is 0 Å². The molecular weight excluding hydrogens is 400 g/mol. The molecule has 32 heavy (non-hydrogen) atoms. The predicted molar refractivity (Wildman–Crippen MR) is 127 cm³/mol. The molecule has 0 atom stereocenters. The summed E-state index contributed by atoms with van der Waals surface area (Å²) in [7, 11) is 0. The highest BCUT2D eigenvalue weighted by molar-refractivity contribution is 5.94. The Kier molecular flexibility index (Phi) is 7.05. The summed E-state index contributed by atoms with van der Waals surface area (Å²) in [5.74, 6) is 0.887. The minimum Gasteiger partial charge on any atom is -0.494 e. The van der Waals surface area contributed by atoms with Gasteiger partial charge in [-0.2, -0.15) is 0 Å². The van der Waals surface area contributed by atoms with Crippen molar-refractivity contribution in [3.8, 4) is 5.75 Å². The van der Waals surface area contributed by atoms with Crippen LogP contribution < -0.4 is 10.1 Å². The first-order valence-electron chi connectivity index (χ1n) is 11.4. The fourth-order valence-corrected chi connectivity index (χ4v) is 4.22. The number of fused-ring (bicyclic) bond motifs is 1. The second kappa shape index (κ2) is 10.3. The number of hydrogen-bond acceptors (Lipinski definition) is 3. The Labute approximate surface area is 189 Å². The van der Waals surface area contributed by atoms with Crippen molar-refractivity contribution in [3.05, 3.63) is 77.9 Å². The maximum absolute atomic E-state index is 12.7. The number of benzene rings is 3. The Balaban J connectivity index is 1.22. The second-order valence-electron chi connectivity index (χ2n) is 8.27. The van der Waals surface area contributed by atoms with Crippen molar-refractivity contribution < 1.29 is 14.3 Å². The van der Waals surface area contributed by atoms with E-state index in [1.165, 1.54) is 16.3 Å². The first kappa shape index (κ1) is 21.9. The third-order valence-corrected chi connectivity index (χ3v) is 6.01. The number of rotatable bonds is 7. The number of carbonyl (C=O) groups excluding carboxylic acids is 2. The number of nitrogens with one attached hydrogen (secondary N) is 1. The van der Waals surface area contributed by atoms with Gasteiger partial charge in [0.05, 0.1) is 6.61 Å². The molecule has 0 saturated carbocycles. The van der Waals surface area contributed by atoms with E-state index in [0.29, 0.717) is 31.7 Å². The van der Waals surface area contributed by atoms with Gasteiger partial charge in [0.1, 0.15) is 5.75 Å². The largest absolute Gasteiger partial charge is 0.494 e. The Morgan fingerprint density at radius 2 is 1.69 bits per heavy atom. The molecule has 5 heteroatoms. The van der Waals surface area contributed by atoms with Gasteiger partial charge in [-0.25, -0.2) is 0 Å². The molecule has 4 rings (SSSR count). The van der Waals surface area contributed by atoms with Crippen molar-refractivity contribution in [2.45, 2.75) is 38.6 Å². The van der Waals surface area contributed by atoms with Crippen LogP contribution in [0, 0.1) is 0 Å². The molecule has 1 saturated heterocycles. The summed E-state index contributed by atoms with van der Waals surface area (Å²) in [6.45, 7) is 3.85. The lowest BCUT2D eigenvalue weighted by Crippen LogP contribution is -2.46. The van der Waals surface area contributed by atoms with Gasteiger partial charge in [0, 0.05) is 31.1 Å². The van der Waals surface area contributed by atoms with E-state index < -0.39 is 0 Å². The van der Waals surface area contributed by atoms with Crippen LogP contribution in [-0.4, -0.2) is 42.5 Å². The number of hydrogen-bond donors (Lipinski definition) is 1. The average Bonchev–Trinajstić information content (AvgIpc) is 2.83. The third kappa shape index (κ3) is 5.47. The zero-order valence-corrected chi connectivity index (χ0v) is 18.5. The summed E-state index contributed by atoms with van der Waals surface area (Å²) >= 11 is 0. The van der Waals surface area contributed by atoms with Crippen LogP contribution in [0.2, 0.25) is 0 Å². The maximum Gasteiger partial charge on any atom is 0.253 e. The molecule has 1 aliphatic heterocycles. The van der Waals surface area contributed by atoms with Crippen molar-refractivity contribution in [1.29, 1.82) is 0 Å². The molecule has 3 aromatic carbocycles. The first-order valence-corrected chi connectivity index (χ1v) is 11.4. The Morgan fingerprint density at radius 3 is 2.41 bits per heavy atom. The van der Waals surface area contributed by atoms with Crippen LogP contribution in [-0.2, 0) is 11.2 Å². The van der Waals surface area contributed by atoms with Gasteiger partial charge in [0.2, 0.25) is 5.91 Å². The van der Waals surface area contributed by atoms with Crippen molar-refractivity contribution in [1.82, 2.24) is 10.2 Å². The quantitative estimate of drug-likeness (QED) is 0.596. The molecule has 1 aliphatic rings. The van der Waals surface area contributed by atoms with E-state index in [1.807, 2.05) is 48.2 Å². The average molecular weight is 431 g/mol. The SMILES string of the molecule is CCOc1ccc(C(=O)N2CCC(NC(=O)CCc3ccc4ccccc4c3)CC2)cc1. The predicted octanol–water partition coefficient (Wildman–Crippen LogP) is 4.59. The lowest BCUT2D eigenvalue weighted by atomic mass is 10.0. The minimum absolute atomic E-state index is 0.0362. The van der Waals surface area contributed by atoms with Gasteiger partial charge in [0.25, 0.3) is 5.91 Å². The molecule has 1 heterocycles. The Morgan fingerprint density at radius 1 is 0.969 bits per heavy atom. The van der Waals surface area contributed by atoms with E-state index in [9.17, 15) is 9.59 Å². The molecular formula is C27H30N2O3. The zero-order chi connectivity index (χ0) is 22.3. The Bertz CT molecular complexity index is 1070. The summed E-state index contributed by atoms with van der Waals surface area (Å²) in [6.07, 6.45) is 2.77. The molecule has 0 spiro atoms. The third-order valence-electron chi connectivity index (χ3n) is 6.01. The van der Waals surface area contributed by atoms with Gasteiger partial charge in [-0.3, -0.25) is 9.59 Å². The van der Waals surface area contributed by atoms with Gasteiger partial charge < -0.3 is 15.0 Å². The number of amides is 2. The molecule has 0 aliphatic carbocycles. The van der Waals surface area contributed by atoms with Crippen LogP contribution >= 0.6 is 0 Å². The van der Waals surface area contributed by atoms with Gasteiger partial charge in [0.15, 0.2) is 0 Å². The fourth-order valence-electron chi connectivity index (χ4n) is 4.22. The topological polar surface area (TPSA) is 58.6 Å². The van der Waals surface area contributed by atoms with Crippen LogP contribution in [0.3, 0.4) is 0 Å². The van der Waals surface area contributed by atoms with E-state index in [-0.39, 0.29) is 17.9 Å². The summed E-state index contributed by atoms with van der Waals surface area (Å²) in [5, 5.41) is 5.57. The second-order valence-corrected chi connectivity index (χ2v) is 8.27. The molecule has 0 aromatic heterocycles. The lowest BCUT2D eigenvalue weighted by molar-refractivity contribution is -0.122. The molecule has 0 radical (unpaired) electrons. The number of nitrogens with zero attached hydrogens (tertiary/aromatic N) is 1.